The molecule has 1 aromatic carbocycles. The second-order valence-electron chi connectivity index (χ2n) is 6.94. The van der Waals surface area contributed by atoms with Crippen molar-refractivity contribution in [1.29, 1.82) is 0 Å². The lowest BCUT2D eigenvalue weighted by Gasteiger charge is -2.25. The van der Waals surface area contributed by atoms with Crippen LogP contribution in [0, 0.1) is 5.92 Å². The first kappa shape index (κ1) is 17.1. The van der Waals surface area contributed by atoms with E-state index < -0.39 is 0 Å². The van der Waals surface area contributed by atoms with Crippen molar-refractivity contribution in [2.75, 3.05) is 0 Å². The lowest BCUT2D eigenvalue weighted by molar-refractivity contribution is -0.126. The van der Waals surface area contributed by atoms with Crippen LogP contribution in [-0.2, 0) is 11.3 Å². The van der Waals surface area contributed by atoms with E-state index >= 15 is 0 Å². The van der Waals surface area contributed by atoms with E-state index in [1.54, 1.807) is 11.3 Å². The summed E-state index contributed by atoms with van der Waals surface area (Å²) in [7, 11) is 0. The number of fused-ring (bicyclic) bond motifs is 2. The van der Waals surface area contributed by atoms with Crippen LogP contribution in [0.1, 0.15) is 29.6 Å². The number of carbonyl (C=O) groups is 1. The van der Waals surface area contributed by atoms with Crippen molar-refractivity contribution in [2.24, 2.45) is 5.92 Å². The molecule has 0 aliphatic heterocycles. The first-order valence-electron chi connectivity index (χ1n) is 9.36. The van der Waals surface area contributed by atoms with Crippen LogP contribution in [0.5, 0.6) is 0 Å². The van der Waals surface area contributed by atoms with Crippen molar-refractivity contribution in [3.05, 3.63) is 71.6 Å². The smallest absolute Gasteiger partial charge is 0.224 e. The monoisotopic (exact) mass is 389 g/mol. The molecule has 140 valence electrons. The van der Waals surface area contributed by atoms with Gasteiger partial charge in [-0.15, -0.1) is 21.5 Å². The molecule has 5 rings (SSSR count). The summed E-state index contributed by atoms with van der Waals surface area (Å²) in [6, 6.07) is 13.9. The molecule has 0 saturated heterocycles. The van der Waals surface area contributed by atoms with Gasteiger partial charge in [-0.1, -0.05) is 30.4 Å². The number of rotatable bonds is 4. The second kappa shape index (κ2) is 7.16. The van der Waals surface area contributed by atoms with Gasteiger partial charge in [0.1, 0.15) is 0 Å². The predicted molar refractivity (Wildman–Crippen MR) is 109 cm³/mol. The first-order valence-corrected chi connectivity index (χ1v) is 10.2. The van der Waals surface area contributed by atoms with Crippen LogP contribution in [0.4, 0.5) is 0 Å². The minimum absolute atomic E-state index is 0.0429. The summed E-state index contributed by atoms with van der Waals surface area (Å²) in [5.74, 6) is 0.760. The highest BCUT2D eigenvalue weighted by Crippen LogP contribution is 2.38. The van der Waals surface area contributed by atoms with E-state index in [0.717, 1.165) is 34.8 Å². The highest BCUT2D eigenvalue weighted by Gasteiger charge is 2.32. The normalized spacial score (nSPS) is 19.3. The number of pyridine rings is 1. The summed E-state index contributed by atoms with van der Waals surface area (Å²) in [4.78, 5) is 17.8. The first-order chi connectivity index (χ1) is 13.8. The molecular weight excluding hydrogens is 370 g/mol. The van der Waals surface area contributed by atoms with Gasteiger partial charge in [-0.2, -0.15) is 0 Å². The molecule has 1 aliphatic rings. The number of nitrogens with zero attached hydrogens (tertiary/aromatic N) is 4. The molecule has 0 bridgehead atoms. The average molecular weight is 389 g/mol. The minimum Gasteiger partial charge on any atom is -0.349 e. The van der Waals surface area contributed by atoms with Crippen molar-refractivity contribution in [3.63, 3.8) is 0 Å². The Balaban J connectivity index is 1.35. The van der Waals surface area contributed by atoms with Crippen molar-refractivity contribution in [3.8, 4) is 0 Å². The number of aromatic nitrogens is 4. The predicted octanol–water partition coefficient (Wildman–Crippen LogP) is 3.71. The molecule has 6 nitrogen and oxygen atoms in total. The fourth-order valence-corrected chi connectivity index (χ4v) is 4.88. The maximum Gasteiger partial charge on any atom is 0.224 e. The Morgan fingerprint density at radius 2 is 1.96 bits per heavy atom. The molecule has 7 heteroatoms. The fourth-order valence-electron chi connectivity index (χ4n) is 3.73. The zero-order valence-electron chi connectivity index (χ0n) is 15.2. The van der Waals surface area contributed by atoms with Gasteiger partial charge in [-0.3, -0.25) is 9.20 Å². The minimum atomic E-state index is -0.121. The Kier molecular flexibility index (Phi) is 4.37. The number of carbonyl (C=O) groups excluding carboxylic acids is 1. The van der Waals surface area contributed by atoms with E-state index in [1.165, 1.54) is 4.70 Å². The molecule has 0 spiro atoms. The number of thiazole rings is 1. The molecule has 1 N–H and O–H groups in total. The molecule has 0 saturated carbocycles. The molecule has 2 atom stereocenters. The topological polar surface area (TPSA) is 72.2 Å². The summed E-state index contributed by atoms with van der Waals surface area (Å²) in [6.07, 6.45) is 7.73. The third kappa shape index (κ3) is 3.07. The van der Waals surface area contributed by atoms with Crippen LogP contribution in [0.25, 0.3) is 15.9 Å². The van der Waals surface area contributed by atoms with Gasteiger partial charge in [-0.25, -0.2) is 4.98 Å². The van der Waals surface area contributed by atoms with E-state index in [0.29, 0.717) is 6.54 Å². The highest BCUT2D eigenvalue weighted by molar-refractivity contribution is 7.18. The Hall–Kier alpha value is -3.06. The lowest BCUT2D eigenvalue weighted by atomic mass is 9.82. The van der Waals surface area contributed by atoms with Crippen LogP contribution in [0.3, 0.4) is 0 Å². The SMILES string of the molecule is O=C(NCc1nnc2ccccn12)[C@@H]1CC=CC[C@H]1c1nc2ccccc2s1. The van der Waals surface area contributed by atoms with Crippen LogP contribution in [0.2, 0.25) is 0 Å². The van der Waals surface area contributed by atoms with E-state index in [1.807, 2.05) is 47.0 Å². The standard InChI is InChI=1S/C21H19N5OS/c27-20(22-13-19-25-24-18-11-5-6-12-26(18)19)14-7-1-2-8-15(14)21-23-16-9-3-4-10-17(16)28-21/h1-6,9-12,14-15H,7-8,13H2,(H,22,27)/t14-,15-/m1/s1. The Bertz CT molecular complexity index is 1140. The highest BCUT2D eigenvalue weighted by atomic mass is 32.1. The third-order valence-corrected chi connectivity index (χ3v) is 6.37. The number of amides is 1. The van der Waals surface area contributed by atoms with Crippen LogP contribution in [0.15, 0.2) is 60.8 Å². The van der Waals surface area contributed by atoms with Crippen LogP contribution in [-0.4, -0.2) is 25.5 Å². The molecule has 3 heterocycles. The second-order valence-corrected chi connectivity index (χ2v) is 8.00. The molecule has 0 radical (unpaired) electrons. The van der Waals surface area contributed by atoms with Crippen molar-refractivity contribution in [1.82, 2.24) is 24.9 Å². The number of allylic oxidation sites excluding steroid dienone is 2. The molecule has 0 fully saturated rings. The summed E-state index contributed by atoms with van der Waals surface area (Å²) >= 11 is 1.69. The molecule has 1 amide bonds. The molecule has 3 aromatic heterocycles. The summed E-state index contributed by atoms with van der Waals surface area (Å²) in [5, 5.41) is 12.4. The van der Waals surface area contributed by atoms with E-state index in [-0.39, 0.29) is 17.7 Å². The molecule has 4 aromatic rings. The van der Waals surface area contributed by atoms with Crippen LogP contribution >= 0.6 is 11.3 Å². The maximum absolute atomic E-state index is 13.0. The maximum atomic E-state index is 13.0. The largest absolute Gasteiger partial charge is 0.349 e. The molecular formula is C21H19N5OS. The van der Waals surface area contributed by atoms with Gasteiger partial charge in [0.05, 0.1) is 27.7 Å². The summed E-state index contributed by atoms with van der Waals surface area (Å²) in [5.41, 5.74) is 1.78. The van der Waals surface area contributed by atoms with Gasteiger partial charge in [0.2, 0.25) is 5.91 Å². The summed E-state index contributed by atoms with van der Waals surface area (Å²) < 4.78 is 3.06. The number of para-hydroxylation sites is 1. The number of hydrogen-bond donors (Lipinski definition) is 1. The quantitative estimate of drug-likeness (QED) is 0.540. The van der Waals surface area contributed by atoms with E-state index in [2.05, 4.69) is 33.7 Å². The fraction of sp³-hybridized carbons (Fsp3) is 0.238. The third-order valence-electron chi connectivity index (χ3n) is 5.20. The molecule has 28 heavy (non-hydrogen) atoms. The average Bonchev–Trinajstić information content (AvgIpc) is 3.36. The van der Waals surface area contributed by atoms with Crippen LogP contribution < -0.4 is 5.32 Å². The lowest BCUT2D eigenvalue weighted by Crippen LogP contribution is -2.35. The van der Waals surface area contributed by atoms with Gasteiger partial charge < -0.3 is 5.32 Å². The zero-order chi connectivity index (χ0) is 18.9. The zero-order valence-corrected chi connectivity index (χ0v) is 16.0. The van der Waals surface area contributed by atoms with E-state index in [9.17, 15) is 4.79 Å². The van der Waals surface area contributed by atoms with Gasteiger partial charge >= 0.3 is 0 Å². The van der Waals surface area contributed by atoms with E-state index in [4.69, 9.17) is 4.98 Å². The van der Waals surface area contributed by atoms with Gasteiger partial charge in [0, 0.05) is 12.1 Å². The van der Waals surface area contributed by atoms with Crippen molar-refractivity contribution >= 4 is 33.1 Å². The molecule has 0 unspecified atom stereocenters. The van der Waals surface area contributed by atoms with Gasteiger partial charge in [-0.05, 0) is 37.1 Å². The Labute approximate surface area is 165 Å². The number of hydrogen-bond acceptors (Lipinski definition) is 5. The Morgan fingerprint density at radius 1 is 1.11 bits per heavy atom. The van der Waals surface area contributed by atoms with Crippen molar-refractivity contribution < 1.29 is 4.79 Å². The van der Waals surface area contributed by atoms with Crippen molar-refractivity contribution in [2.45, 2.75) is 25.3 Å². The van der Waals surface area contributed by atoms with Gasteiger partial charge in [0.25, 0.3) is 0 Å². The number of benzene rings is 1. The van der Waals surface area contributed by atoms with Gasteiger partial charge in [0.15, 0.2) is 11.5 Å². The molecule has 1 aliphatic carbocycles. The summed E-state index contributed by atoms with van der Waals surface area (Å²) in [6.45, 7) is 0.358. The Morgan fingerprint density at radius 3 is 2.89 bits per heavy atom. The number of nitrogens with one attached hydrogen (secondary N) is 1.